The van der Waals surface area contributed by atoms with Gasteiger partial charge in [-0.05, 0) is 57.0 Å². The first-order chi connectivity index (χ1) is 12.6. The van der Waals surface area contributed by atoms with E-state index in [2.05, 4.69) is 10.6 Å². The van der Waals surface area contributed by atoms with Gasteiger partial charge in [-0.15, -0.1) is 11.3 Å². The van der Waals surface area contributed by atoms with E-state index >= 15 is 0 Å². The molecule has 5 nitrogen and oxygen atoms in total. The van der Waals surface area contributed by atoms with Gasteiger partial charge in [-0.1, -0.05) is 18.2 Å². The van der Waals surface area contributed by atoms with Crippen LogP contribution in [0.3, 0.4) is 0 Å². The Labute approximate surface area is 163 Å². The van der Waals surface area contributed by atoms with E-state index in [0.29, 0.717) is 0 Å². The van der Waals surface area contributed by atoms with Crippen LogP contribution in [-0.2, 0) is 9.59 Å². The first kappa shape index (κ1) is 21.1. The molecule has 2 aromatic rings. The van der Waals surface area contributed by atoms with Crippen LogP contribution in [0, 0.1) is 5.82 Å². The highest BCUT2D eigenvalue weighted by molar-refractivity contribution is 7.10. The van der Waals surface area contributed by atoms with E-state index in [1.165, 1.54) is 23.5 Å². The largest absolute Gasteiger partial charge is 0.350 e. The van der Waals surface area contributed by atoms with Crippen molar-refractivity contribution in [3.63, 3.8) is 0 Å². The third-order valence-corrected chi connectivity index (χ3v) is 4.61. The molecule has 0 aliphatic heterocycles. The second-order valence-electron chi connectivity index (χ2n) is 7.54. The second kappa shape index (κ2) is 9.10. The first-order valence-electron chi connectivity index (χ1n) is 8.72. The van der Waals surface area contributed by atoms with Gasteiger partial charge in [0.15, 0.2) is 0 Å². The van der Waals surface area contributed by atoms with Gasteiger partial charge in [-0.3, -0.25) is 14.5 Å². The number of hydrogen-bond acceptors (Lipinski definition) is 4. The number of rotatable bonds is 7. The van der Waals surface area contributed by atoms with Crippen LogP contribution in [0.5, 0.6) is 0 Å². The Kier molecular flexibility index (Phi) is 7.10. The number of likely N-dealkylation sites (N-methyl/N-ethyl adjacent to an activating group) is 1. The van der Waals surface area contributed by atoms with Crippen molar-refractivity contribution in [2.75, 3.05) is 20.1 Å². The Bertz CT molecular complexity index is 755. The predicted molar refractivity (Wildman–Crippen MR) is 106 cm³/mol. The molecule has 0 fully saturated rings. The maximum Gasteiger partial charge on any atom is 0.234 e. The molecule has 1 heterocycles. The highest BCUT2D eigenvalue weighted by atomic mass is 32.1. The Morgan fingerprint density at radius 1 is 1.11 bits per heavy atom. The molecule has 2 N–H and O–H groups in total. The number of carbonyl (C=O) groups excluding carboxylic acids is 2. The van der Waals surface area contributed by atoms with Crippen LogP contribution < -0.4 is 10.6 Å². The van der Waals surface area contributed by atoms with Crippen LogP contribution in [0.25, 0.3) is 0 Å². The number of nitrogens with zero attached hydrogens (tertiary/aromatic N) is 1. The Balaban J connectivity index is 2.00. The summed E-state index contributed by atoms with van der Waals surface area (Å²) in [6.07, 6.45) is 0. The monoisotopic (exact) mass is 391 g/mol. The van der Waals surface area contributed by atoms with Crippen molar-refractivity contribution in [1.82, 2.24) is 15.5 Å². The number of hydrogen-bond donors (Lipinski definition) is 2. The highest BCUT2D eigenvalue weighted by Crippen LogP contribution is 2.26. The first-order valence-corrected chi connectivity index (χ1v) is 9.60. The molecular formula is C20H26FN3O2S. The summed E-state index contributed by atoms with van der Waals surface area (Å²) < 4.78 is 13.2. The predicted octanol–water partition coefficient (Wildman–Crippen LogP) is 2.94. The maximum atomic E-state index is 13.2. The summed E-state index contributed by atoms with van der Waals surface area (Å²) in [6, 6.07) is 9.58. The summed E-state index contributed by atoms with van der Waals surface area (Å²) in [5.41, 5.74) is 0.493. The standard InChI is InChI=1S/C20H26FN3O2S/c1-20(2,3)23-18(26)13-24(4)12-17(25)22-19(16-6-5-11-27-16)14-7-9-15(21)10-8-14/h5-11,19H,12-13H2,1-4H3,(H,22,25)(H,23,26)/t19-/m1/s1. The van der Waals surface area contributed by atoms with E-state index in [4.69, 9.17) is 0 Å². The molecule has 2 rings (SSSR count). The van der Waals surface area contributed by atoms with Gasteiger partial charge in [0.25, 0.3) is 0 Å². The molecule has 0 unspecified atom stereocenters. The van der Waals surface area contributed by atoms with Crippen molar-refractivity contribution in [3.8, 4) is 0 Å². The van der Waals surface area contributed by atoms with Crippen LogP contribution in [-0.4, -0.2) is 42.4 Å². The summed E-state index contributed by atoms with van der Waals surface area (Å²) in [5.74, 6) is -0.658. The number of thiophene rings is 1. The number of amides is 2. The normalized spacial score (nSPS) is 12.7. The lowest BCUT2D eigenvalue weighted by Gasteiger charge is -2.24. The second-order valence-corrected chi connectivity index (χ2v) is 8.52. The Morgan fingerprint density at radius 3 is 2.30 bits per heavy atom. The Morgan fingerprint density at radius 2 is 1.74 bits per heavy atom. The number of nitrogens with one attached hydrogen (secondary N) is 2. The van der Waals surface area contributed by atoms with Crippen LogP contribution in [0.2, 0.25) is 0 Å². The molecule has 0 radical (unpaired) electrons. The zero-order valence-corrected chi connectivity index (χ0v) is 16.9. The fourth-order valence-corrected chi connectivity index (χ4v) is 3.44. The molecule has 0 aliphatic rings. The van der Waals surface area contributed by atoms with Gasteiger partial charge in [-0.25, -0.2) is 4.39 Å². The van der Waals surface area contributed by atoms with Crippen LogP contribution in [0.15, 0.2) is 41.8 Å². The molecule has 0 saturated heterocycles. The van der Waals surface area contributed by atoms with Gasteiger partial charge in [0, 0.05) is 10.4 Å². The van der Waals surface area contributed by atoms with Gasteiger partial charge < -0.3 is 10.6 Å². The lowest BCUT2D eigenvalue weighted by Crippen LogP contribution is -2.47. The Hall–Kier alpha value is -2.25. The van der Waals surface area contributed by atoms with Crippen LogP contribution in [0.4, 0.5) is 4.39 Å². The van der Waals surface area contributed by atoms with Crippen molar-refractivity contribution in [1.29, 1.82) is 0 Å². The molecule has 1 aromatic carbocycles. The topological polar surface area (TPSA) is 61.4 Å². The molecule has 7 heteroatoms. The molecule has 1 aromatic heterocycles. The lowest BCUT2D eigenvalue weighted by molar-refractivity contribution is -0.125. The third-order valence-electron chi connectivity index (χ3n) is 3.68. The quantitative estimate of drug-likeness (QED) is 0.763. The summed E-state index contributed by atoms with van der Waals surface area (Å²) in [4.78, 5) is 27.1. The van der Waals surface area contributed by atoms with E-state index in [1.54, 1.807) is 24.1 Å². The molecule has 2 amide bonds. The van der Waals surface area contributed by atoms with Gasteiger partial charge >= 0.3 is 0 Å². The summed E-state index contributed by atoms with van der Waals surface area (Å²) >= 11 is 1.52. The molecule has 146 valence electrons. The van der Waals surface area contributed by atoms with Gasteiger partial charge in [0.2, 0.25) is 11.8 Å². The van der Waals surface area contributed by atoms with Crippen molar-refractivity contribution >= 4 is 23.2 Å². The van der Waals surface area contributed by atoms with Crippen molar-refractivity contribution in [2.24, 2.45) is 0 Å². The zero-order valence-electron chi connectivity index (χ0n) is 16.1. The van der Waals surface area contributed by atoms with E-state index in [-0.39, 0.29) is 42.3 Å². The average Bonchev–Trinajstić information content (AvgIpc) is 3.05. The molecule has 1 atom stereocenters. The number of carbonyl (C=O) groups is 2. The van der Waals surface area contributed by atoms with Crippen LogP contribution in [0.1, 0.15) is 37.3 Å². The SMILES string of the molecule is CN(CC(=O)N[C@H](c1ccc(F)cc1)c1cccs1)CC(=O)NC(C)(C)C. The van der Waals surface area contributed by atoms with Gasteiger partial charge in [-0.2, -0.15) is 0 Å². The minimum absolute atomic E-state index is 0.0840. The fraction of sp³-hybridized carbons (Fsp3) is 0.400. The molecule has 0 aliphatic carbocycles. The highest BCUT2D eigenvalue weighted by Gasteiger charge is 2.20. The summed E-state index contributed by atoms with van der Waals surface area (Å²) in [7, 11) is 1.72. The average molecular weight is 392 g/mol. The van der Waals surface area contributed by atoms with Crippen LogP contribution >= 0.6 is 11.3 Å². The van der Waals surface area contributed by atoms with E-state index in [0.717, 1.165) is 10.4 Å². The minimum atomic E-state index is -0.352. The molecule has 0 spiro atoms. The van der Waals surface area contributed by atoms with Crippen molar-refractivity contribution in [2.45, 2.75) is 32.4 Å². The maximum absolute atomic E-state index is 13.2. The van der Waals surface area contributed by atoms with Crippen molar-refractivity contribution in [3.05, 3.63) is 58.0 Å². The fourth-order valence-electron chi connectivity index (χ4n) is 2.64. The molecular weight excluding hydrogens is 365 g/mol. The van der Waals surface area contributed by atoms with E-state index in [1.807, 2.05) is 38.3 Å². The number of halogens is 1. The van der Waals surface area contributed by atoms with Gasteiger partial charge in [0.1, 0.15) is 5.82 Å². The smallest absolute Gasteiger partial charge is 0.234 e. The molecule has 0 saturated carbocycles. The number of benzene rings is 1. The van der Waals surface area contributed by atoms with E-state index < -0.39 is 0 Å². The van der Waals surface area contributed by atoms with Crippen molar-refractivity contribution < 1.29 is 14.0 Å². The van der Waals surface area contributed by atoms with Gasteiger partial charge in [0.05, 0.1) is 19.1 Å². The summed E-state index contributed by atoms with van der Waals surface area (Å²) in [5, 5.41) is 7.79. The molecule has 0 bridgehead atoms. The zero-order chi connectivity index (χ0) is 20.0. The minimum Gasteiger partial charge on any atom is -0.350 e. The summed E-state index contributed by atoms with van der Waals surface area (Å²) in [6.45, 7) is 5.94. The lowest BCUT2D eigenvalue weighted by atomic mass is 10.1. The third kappa shape index (κ3) is 7.11. The molecule has 27 heavy (non-hydrogen) atoms. The van der Waals surface area contributed by atoms with E-state index in [9.17, 15) is 14.0 Å².